The van der Waals surface area contributed by atoms with E-state index in [0.717, 1.165) is 5.56 Å². The highest BCUT2D eigenvalue weighted by atomic mass is 16.2. The van der Waals surface area contributed by atoms with Gasteiger partial charge in [0.05, 0.1) is 10.9 Å². The number of aryl methyl sites for hydroxylation is 1. The van der Waals surface area contributed by atoms with Gasteiger partial charge in [0.25, 0.3) is 5.56 Å². The van der Waals surface area contributed by atoms with Crippen LogP contribution in [0.1, 0.15) is 38.4 Å². The van der Waals surface area contributed by atoms with Gasteiger partial charge < -0.3 is 5.32 Å². The molecule has 0 saturated carbocycles. The summed E-state index contributed by atoms with van der Waals surface area (Å²) in [6, 6.07) is 13.2. The zero-order chi connectivity index (χ0) is 19.7. The molecule has 2 aromatic carbocycles. The Labute approximate surface area is 157 Å². The number of aromatic nitrogens is 2. The third-order valence-corrected chi connectivity index (χ3v) is 4.59. The number of carbonyl (C=O) groups is 1. The van der Waals surface area contributed by atoms with E-state index in [0.29, 0.717) is 16.6 Å². The van der Waals surface area contributed by atoms with Crippen LogP contribution in [0.2, 0.25) is 0 Å². The Kier molecular flexibility index (Phi) is 4.99. The number of fused-ring (bicyclic) bond motifs is 1. The van der Waals surface area contributed by atoms with Crippen LogP contribution in [0.5, 0.6) is 0 Å². The molecule has 0 aliphatic rings. The number of anilines is 1. The van der Waals surface area contributed by atoms with E-state index in [4.69, 9.17) is 0 Å². The highest BCUT2D eigenvalue weighted by molar-refractivity contribution is 5.94. The SMILES string of the molecule is Cc1cccc(NC(=O)[C@@H](C)n2c(=O)n(C(C)C)c(=O)c3ccccc32)c1. The van der Waals surface area contributed by atoms with Crippen molar-refractivity contribution < 1.29 is 4.79 Å². The number of hydrogen-bond acceptors (Lipinski definition) is 3. The number of nitrogens with one attached hydrogen (secondary N) is 1. The van der Waals surface area contributed by atoms with Crippen LogP contribution in [0.4, 0.5) is 5.69 Å². The van der Waals surface area contributed by atoms with Gasteiger partial charge in [0.1, 0.15) is 6.04 Å². The van der Waals surface area contributed by atoms with Gasteiger partial charge >= 0.3 is 5.69 Å². The standard InChI is InChI=1S/C21H23N3O3/c1-13(2)23-20(26)17-10-5-6-11-18(17)24(21(23)27)15(4)19(25)22-16-9-7-8-14(3)12-16/h5-13,15H,1-4H3,(H,22,25)/t15-/m1/s1. The Balaban J connectivity index is 2.14. The molecular formula is C21H23N3O3. The number of amides is 1. The van der Waals surface area contributed by atoms with Crippen LogP contribution in [0.15, 0.2) is 58.1 Å². The van der Waals surface area contributed by atoms with E-state index >= 15 is 0 Å². The summed E-state index contributed by atoms with van der Waals surface area (Å²) in [5.74, 6) is -0.318. The van der Waals surface area contributed by atoms with E-state index in [2.05, 4.69) is 5.32 Å². The molecule has 0 fully saturated rings. The first kappa shape index (κ1) is 18.6. The van der Waals surface area contributed by atoms with E-state index in [1.54, 1.807) is 51.1 Å². The van der Waals surface area contributed by atoms with Gasteiger partial charge in [-0.1, -0.05) is 24.3 Å². The lowest BCUT2D eigenvalue weighted by Gasteiger charge is -2.20. The minimum Gasteiger partial charge on any atom is -0.324 e. The average Bonchev–Trinajstić information content (AvgIpc) is 2.61. The van der Waals surface area contributed by atoms with Crippen LogP contribution >= 0.6 is 0 Å². The molecule has 27 heavy (non-hydrogen) atoms. The van der Waals surface area contributed by atoms with Crippen molar-refractivity contribution in [1.29, 1.82) is 0 Å². The van der Waals surface area contributed by atoms with Gasteiger partial charge in [-0.3, -0.25) is 18.7 Å². The number of carbonyl (C=O) groups excluding carboxylic acids is 1. The van der Waals surface area contributed by atoms with Crippen LogP contribution < -0.4 is 16.6 Å². The van der Waals surface area contributed by atoms with Crippen LogP contribution in [-0.4, -0.2) is 15.0 Å². The van der Waals surface area contributed by atoms with Crippen molar-refractivity contribution in [2.75, 3.05) is 5.32 Å². The normalized spacial score (nSPS) is 12.3. The van der Waals surface area contributed by atoms with Gasteiger partial charge in [-0.05, 0) is 57.5 Å². The number of hydrogen-bond donors (Lipinski definition) is 1. The largest absolute Gasteiger partial charge is 0.332 e. The van der Waals surface area contributed by atoms with E-state index in [1.165, 1.54) is 9.13 Å². The minimum absolute atomic E-state index is 0.312. The third-order valence-electron chi connectivity index (χ3n) is 4.59. The highest BCUT2D eigenvalue weighted by Gasteiger charge is 2.23. The highest BCUT2D eigenvalue weighted by Crippen LogP contribution is 2.17. The molecule has 0 aliphatic heterocycles. The fourth-order valence-corrected chi connectivity index (χ4v) is 3.22. The van der Waals surface area contributed by atoms with Crippen molar-refractivity contribution in [1.82, 2.24) is 9.13 Å². The second-order valence-electron chi connectivity index (χ2n) is 6.97. The predicted octanol–water partition coefficient (Wildman–Crippen LogP) is 3.25. The molecule has 0 bridgehead atoms. The summed E-state index contributed by atoms with van der Waals surface area (Å²) in [6.07, 6.45) is 0. The molecular weight excluding hydrogens is 342 g/mol. The zero-order valence-corrected chi connectivity index (χ0v) is 15.9. The lowest BCUT2D eigenvalue weighted by molar-refractivity contribution is -0.118. The first-order valence-corrected chi connectivity index (χ1v) is 8.94. The molecule has 3 rings (SSSR count). The van der Waals surface area contributed by atoms with Crippen molar-refractivity contribution in [3.8, 4) is 0 Å². The summed E-state index contributed by atoms with van der Waals surface area (Å²) < 4.78 is 2.58. The summed E-state index contributed by atoms with van der Waals surface area (Å²) >= 11 is 0. The molecule has 0 saturated heterocycles. The maximum Gasteiger partial charge on any atom is 0.332 e. The quantitative estimate of drug-likeness (QED) is 0.771. The van der Waals surface area contributed by atoms with Gasteiger partial charge in [-0.25, -0.2) is 4.79 Å². The first-order valence-electron chi connectivity index (χ1n) is 8.94. The van der Waals surface area contributed by atoms with Crippen LogP contribution in [-0.2, 0) is 4.79 Å². The second-order valence-corrected chi connectivity index (χ2v) is 6.97. The summed E-state index contributed by atoms with van der Waals surface area (Å²) in [5, 5.41) is 3.27. The summed E-state index contributed by atoms with van der Waals surface area (Å²) in [5.41, 5.74) is 1.32. The van der Waals surface area contributed by atoms with Crippen molar-refractivity contribution >= 4 is 22.5 Å². The van der Waals surface area contributed by atoms with Gasteiger partial charge in [-0.15, -0.1) is 0 Å². The van der Waals surface area contributed by atoms with Crippen LogP contribution in [0.3, 0.4) is 0 Å². The molecule has 1 atom stereocenters. The summed E-state index contributed by atoms with van der Waals surface area (Å²) in [6.45, 7) is 7.16. The van der Waals surface area contributed by atoms with E-state index < -0.39 is 11.7 Å². The van der Waals surface area contributed by atoms with Gasteiger partial charge in [0, 0.05) is 11.7 Å². The molecule has 1 N–H and O–H groups in total. The van der Waals surface area contributed by atoms with E-state index in [1.807, 2.05) is 25.1 Å². The van der Waals surface area contributed by atoms with Crippen molar-refractivity contribution in [2.24, 2.45) is 0 Å². The molecule has 1 amide bonds. The average molecular weight is 365 g/mol. The molecule has 0 unspecified atom stereocenters. The summed E-state index contributed by atoms with van der Waals surface area (Å²) in [7, 11) is 0. The Morgan fingerprint density at radius 2 is 1.67 bits per heavy atom. The second kappa shape index (κ2) is 7.23. The topological polar surface area (TPSA) is 73.1 Å². The Hall–Kier alpha value is -3.15. The lowest BCUT2D eigenvalue weighted by Crippen LogP contribution is -2.44. The molecule has 0 spiro atoms. The molecule has 0 radical (unpaired) electrons. The molecule has 6 nitrogen and oxygen atoms in total. The Morgan fingerprint density at radius 3 is 2.33 bits per heavy atom. The fraction of sp³-hybridized carbons (Fsp3) is 0.286. The number of para-hydroxylation sites is 1. The van der Waals surface area contributed by atoms with Gasteiger partial charge in [-0.2, -0.15) is 0 Å². The molecule has 1 aromatic heterocycles. The smallest absolute Gasteiger partial charge is 0.324 e. The first-order chi connectivity index (χ1) is 12.8. The van der Waals surface area contributed by atoms with E-state index in [-0.39, 0.29) is 17.5 Å². The maximum absolute atomic E-state index is 13.0. The maximum atomic E-state index is 13.0. The number of rotatable bonds is 4. The summed E-state index contributed by atoms with van der Waals surface area (Å²) in [4.78, 5) is 38.6. The lowest BCUT2D eigenvalue weighted by atomic mass is 10.2. The zero-order valence-electron chi connectivity index (χ0n) is 15.9. The Morgan fingerprint density at radius 1 is 0.963 bits per heavy atom. The van der Waals surface area contributed by atoms with Crippen molar-refractivity contribution in [3.63, 3.8) is 0 Å². The molecule has 6 heteroatoms. The van der Waals surface area contributed by atoms with Gasteiger partial charge in [0.15, 0.2) is 0 Å². The monoisotopic (exact) mass is 365 g/mol. The molecule has 1 heterocycles. The van der Waals surface area contributed by atoms with E-state index in [9.17, 15) is 14.4 Å². The number of benzene rings is 2. The van der Waals surface area contributed by atoms with Gasteiger partial charge in [0.2, 0.25) is 5.91 Å². The van der Waals surface area contributed by atoms with Crippen LogP contribution in [0.25, 0.3) is 10.9 Å². The third kappa shape index (κ3) is 3.43. The predicted molar refractivity (Wildman–Crippen MR) is 107 cm³/mol. The van der Waals surface area contributed by atoms with Crippen molar-refractivity contribution in [2.45, 2.75) is 39.8 Å². The van der Waals surface area contributed by atoms with Crippen LogP contribution in [0, 0.1) is 6.92 Å². The van der Waals surface area contributed by atoms with Crippen molar-refractivity contribution in [3.05, 3.63) is 74.9 Å². The molecule has 140 valence electrons. The molecule has 3 aromatic rings. The molecule has 0 aliphatic carbocycles. The number of nitrogens with zero attached hydrogens (tertiary/aromatic N) is 2. The minimum atomic E-state index is -0.784. The fourth-order valence-electron chi connectivity index (χ4n) is 3.22. The Bertz CT molecular complexity index is 1130.